The van der Waals surface area contributed by atoms with Gasteiger partial charge in [0.1, 0.15) is 0 Å². The SMILES string of the molecule is O=C(O)C(N=C(c1ccccc1)c1ccccc1)c1ncc(Br)cn1. The molecule has 0 aliphatic rings. The van der Waals surface area contributed by atoms with Gasteiger partial charge >= 0.3 is 5.97 Å². The van der Waals surface area contributed by atoms with Crippen LogP contribution in [0.1, 0.15) is 23.0 Å². The Morgan fingerprint density at radius 3 is 1.84 bits per heavy atom. The predicted octanol–water partition coefficient (Wildman–Crippen LogP) is 3.90. The van der Waals surface area contributed by atoms with Gasteiger partial charge in [-0.15, -0.1) is 0 Å². The molecule has 1 N–H and O–H groups in total. The zero-order valence-electron chi connectivity index (χ0n) is 13.1. The molecule has 0 radical (unpaired) electrons. The van der Waals surface area contributed by atoms with Gasteiger partial charge in [-0.1, -0.05) is 60.7 Å². The average Bonchev–Trinajstić information content (AvgIpc) is 2.65. The van der Waals surface area contributed by atoms with Crippen LogP contribution in [0.25, 0.3) is 0 Å². The van der Waals surface area contributed by atoms with Crippen molar-refractivity contribution in [1.82, 2.24) is 9.97 Å². The normalized spacial score (nSPS) is 11.6. The van der Waals surface area contributed by atoms with Crippen LogP contribution in [0.3, 0.4) is 0 Å². The zero-order chi connectivity index (χ0) is 17.6. The molecule has 3 aromatic rings. The first-order valence-electron chi connectivity index (χ1n) is 7.54. The standard InChI is InChI=1S/C19H14BrN3O2/c20-15-11-21-18(22-12-15)17(19(24)25)23-16(13-7-3-1-4-8-13)14-9-5-2-6-10-14/h1-12,17H,(H,24,25). The molecule has 5 nitrogen and oxygen atoms in total. The van der Waals surface area contributed by atoms with Crippen molar-refractivity contribution in [2.45, 2.75) is 6.04 Å². The van der Waals surface area contributed by atoms with Crippen molar-refractivity contribution in [3.05, 3.63) is 94.5 Å². The molecule has 0 amide bonds. The van der Waals surface area contributed by atoms with Crippen molar-refractivity contribution in [1.29, 1.82) is 0 Å². The summed E-state index contributed by atoms with van der Waals surface area (Å²) in [5.41, 5.74) is 2.24. The van der Waals surface area contributed by atoms with Crippen LogP contribution in [0.15, 0.2) is 82.5 Å². The monoisotopic (exact) mass is 395 g/mol. The van der Waals surface area contributed by atoms with Crippen molar-refractivity contribution < 1.29 is 9.90 Å². The number of carbonyl (C=O) groups is 1. The van der Waals surface area contributed by atoms with Gasteiger partial charge in [-0.05, 0) is 15.9 Å². The number of hydrogen-bond donors (Lipinski definition) is 1. The van der Waals surface area contributed by atoms with Gasteiger partial charge < -0.3 is 5.11 Å². The van der Waals surface area contributed by atoms with Crippen molar-refractivity contribution in [3.8, 4) is 0 Å². The Hall–Kier alpha value is -2.86. The summed E-state index contributed by atoms with van der Waals surface area (Å²) in [7, 11) is 0. The maximum Gasteiger partial charge on any atom is 0.336 e. The summed E-state index contributed by atoms with van der Waals surface area (Å²) in [6, 6.07) is 17.8. The number of hydrogen-bond acceptors (Lipinski definition) is 4. The van der Waals surface area contributed by atoms with E-state index in [0.717, 1.165) is 11.1 Å². The summed E-state index contributed by atoms with van der Waals surface area (Å²) in [4.78, 5) is 24.5. The fourth-order valence-corrected chi connectivity index (χ4v) is 2.53. The second kappa shape index (κ2) is 7.81. The predicted molar refractivity (Wildman–Crippen MR) is 98.6 cm³/mol. The van der Waals surface area contributed by atoms with Crippen molar-refractivity contribution in [3.63, 3.8) is 0 Å². The molecule has 0 saturated carbocycles. The molecule has 0 aliphatic heterocycles. The summed E-state index contributed by atoms with van der Waals surface area (Å²) in [5.74, 6) is -0.966. The molecule has 3 rings (SSSR count). The fraction of sp³-hybridized carbons (Fsp3) is 0.0526. The molecule has 1 aromatic heterocycles. The summed E-state index contributed by atoms with van der Waals surface area (Å²) in [5, 5.41) is 9.64. The van der Waals surface area contributed by atoms with E-state index >= 15 is 0 Å². The van der Waals surface area contributed by atoms with Gasteiger partial charge in [0.15, 0.2) is 5.82 Å². The number of carboxylic acid groups (broad SMARTS) is 1. The highest BCUT2D eigenvalue weighted by Gasteiger charge is 2.23. The minimum Gasteiger partial charge on any atom is -0.479 e. The fourth-order valence-electron chi connectivity index (χ4n) is 2.32. The molecule has 6 heteroatoms. The molecular weight excluding hydrogens is 382 g/mol. The van der Waals surface area contributed by atoms with Crippen molar-refractivity contribution in [2.75, 3.05) is 0 Å². The van der Waals surface area contributed by atoms with Crippen LogP contribution < -0.4 is 0 Å². The number of nitrogens with zero attached hydrogens (tertiary/aromatic N) is 3. The molecule has 1 heterocycles. The van der Waals surface area contributed by atoms with Gasteiger partial charge in [0.2, 0.25) is 6.04 Å². The van der Waals surface area contributed by atoms with Crippen LogP contribution in [0.5, 0.6) is 0 Å². The van der Waals surface area contributed by atoms with Crippen LogP contribution in [0, 0.1) is 0 Å². The first-order valence-corrected chi connectivity index (χ1v) is 8.33. The molecule has 2 aromatic carbocycles. The van der Waals surface area contributed by atoms with Gasteiger partial charge in [0, 0.05) is 23.5 Å². The zero-order valence-corrected chi connectivity index (χ0v) is 14.7. The number of aliphatic imine (C=N–C) groups is 1. The lowest BCUT2D eigenvalue weighted by Crippen LogP contribution is -2.16. The molecule has 0 spiro atoms. The Labute approximate surface area is 153 Å². The number of halogens is 1. The quantitative estimate of drug-likeness (QED) is 0.664. The second-order valence-electron chi connectivity index (χ2n) is 5.21. The highest BCUT2D eigenvalue weighted by atomic mass is 79.9. The molecule has 25 heavy (non-hydrogen) atoms. The molecule has 0 fully saturated rings. The van der Waals surface area contributed by atoms with E-state index in [1.165, 1.54) is 12.4 Å². The first kappa shape index (κ1) is 17.0. The topological polar surface area (TPSA) is 75.4 Å². The van der Waals surface area contributed by atoms with E-state index in [1.807, 2.05) is 60.7 Å². The first-order chi connectivity index (χ1) is 12.1. The van der Waals surface area contributed by atoms with E-state index in [9.17, 15) is 9.90 Å². The summed E-state index contributed by atoms with van der Waals surface area (Å²) in [6.45, 7) is 0. The Morgan fingerprint density at radius 1 is 0.920 bits per heavy atom. The van der Waals surface area contributed by atoms with Crippen LogP contribution >= 0.6 is 15.9 Å². The molecule has 0 bridgehead atoms. The Bertz CT molecular complexity index is 840. The van der Waals surface area contributed by atoms with E-state index < -0.39 is 12.0 Å². The average molecular weight is 396 g/mol. The van der Waals surface area contributed by atoms with E-state index in [4.69, 9.17) is 0 Å². The molecular formula is C19H14BrN3O2. The third-order valence-corrected chi connectivity index (χ3v) is 3.88. The maximum atomic E-state index is 11.8. The van der Waals surface area contributed by atoms with Gasteiger partial charge in [0.25, 0.3) is 0 Å². The minimum absolute atomic E-state index is 0.139. The molecule has 124 valence electrons. The Kier molecular flexibility index (Phi) is 5.30. The van der Waals surface area contributed by atoms with Crippen LogP contribution in [-0.2, 0) is 4.79 Å². The number of carboxylic acids is 1. The molecule has 1 unspecified atom stereocenters. The van der Waals surface area contributed by atoms with E-state index in [2.05, 4.69) is 30.9 Å². The lowest BCUT2D eigenvalue weighted by molar-refractivity contribution is -0.138. The number of aromatic nitrogens is 2. The van der Waals surface area contributed by atoms with Crippen molar-refractivity contribution in [2.24, 2.45) is 4.99 Å². The molecule has 1 atom stereocenters. The highest BCUT2D eigenvalue weighted by molar-refractivity contribution is 9.10. The van der Waals surface area contributed by atoms with Gasteiger partial charge in [0.05, 0.1) is 10.2 Å². The summed E-state index contributed by atoms with van der Waals surface area (Å²) in [6.07, 6.45) is 3.02. The number of benzene rings is 2. The largest absolute Gasteiger partial charge is 0.479 e. The number of aliphatic carboxylic acids is 1. The van der Waals surface area contributed by atoms with Crippen molar-refractivity contribution >= 4 is 27.6 Å². The van der Waals surface area contributed by atoms with Gasteiger partial charge in [-0.3, -0.25) is 4.99 Å². The Morgan fingerprint density at radius 2 is 1.40 bits per heavy atom. The van der Waals surface area contributed by atoms with Gasteiger partial charge in [-0.2, -0.15) is 0 Å². The lowest BCUT2D eigenvalue weighted by atomic mass is 10.0. The molecule has 0 aliphatic carbocycles. The van der Waals surface area contributed by atoms with Crippen LogP contribution in [0.2, 0.25) is 0 Å². The summed E-state index contributed by atoms with van der Waals surface area (Å²) < 4.78 is 0.677. The summed E-state index contributed by atoms with van der Waals surface area (Å²) >= 11 is 3.25. The smallest absolute Gasteiger partial charge is 0.336 e. The second-order valence-corrected chi connectivity index (χ2v) is 6.13. The van der Waals surface area contributed by atoms with Crippen LogP contribution in [0.4, 0.5) is 0 Å². The maximum absolute atomic E-state index is 11.8. The molecule has 0 saturated heterocycles. The lowest BCUT2D eigenvalue weighted by Gasteiger charge is -2.12. The third-order valence-electron chi connectivity index (χ3n) is 3.47. The minimum atomic E-state index is -1.19. The van der Waals surface area contributed by atoms with E-state index in [-0.39, 0.29) is 5.82 Å². The van der Waals surface area contributed by atoms with E-state index in [0.29, 0.717) is 10.2 Å². The highest BCUT2D eigenvalue weighted by Crippen LogP contribution is 2.20. The van der Waals surface area contributed by atoms with E-state index in [1.54, 1.807) is 0 Å². The van der Waals surface area contributed by atoms with Gasteiger partial charge in [-0.25, -0.2) is 14.8 Å². The Balaban J connectivity index is 2.12. The number of rotatable bonds is 5. The third kappa shape index (κ3) is 4.16. The van der Waals surface area contributed by atoms with Crippen LogP contribution in [-0.4, -0.2) is 26.8 Å².